The van der Waals surface area contributed by atoms with E-state index in [1.807, 2.05) is 25.1 Å². The van der Waals surface area contributed by atoms with Gasteiger partial charge in [0, 0.05) is 36.5 Å². The van der Waals surface area contributed by atoms with Gasteiger partial charge in [-0.05, 0) is 43.0 Å². The third kappa shape index (κ3) is 3.84. The predicted octanol–water partition coefficient (Wildman–Crippen LogP) is 2.43. The highest BCUT2D eigenvalue weighted by atomic mass is 16.3. The zero-order valence-corrected chi connectivity index (χ0v) is 13.3. The molecule has 0 radical (unpaired) electrons. The summed E-state index contributed by atoms with van der Waals surface area (Å²) in [5, 5.41) is 13.8. The van der Waals surface area contributed by atoms with E-state index in [-0.39, 0.29) is 11.8 Å². The number of aliphatic hydroxyl groups is 1. The van der Waals surface area contributed by atoms with Gasteiger partial charge in [0.2, 0.25) is 0 Å². The van der Waals surface area contributed by atoms with Gasteiger partial charge in [0.05, 0.1) is 6.10 Å². The van der Waals surface area contributed by atoms with Gasteiger partial charge in [0.25, 0.3) is 0 Å². The Bertz CT molecular complexity index is 682. The molecule has 0 amide bonds. The van der Waals surface area contributed by atoms with Gasteiger partial charge in [-0.15, -0.1) is 0 Å². The van der Waals surface area contributed by atoms with Crippen LogP contribution in [0.4, 0.5) is 0 Å². The highest BCUT2D eigenvalue weighted by Crippen LogP contribution is 2.20. The monoisotopic (exact) mass is 310 g/mol. The molecular weight excluding hydrogens is 288 g/mol. The lowest BCUT2D eigenvalue weighted by Crippen LogP contribution is -2.44. The zero-order chi connectivity index (χ0) is 16.2. The molecule has 3 rings (SSSR count). The molecule has 0 fully saturated rings. The second kappa shape index (κ2) is 7.02. The van der Waals surface area contributed by atoms with Gasteiger partial charge in [-0.1, -0.05) is 24.3 Å². The van der Waals surface area contributed by atoms with Gasteiger partial charge in [0.1, 0.15) is 0 Å². The summed E-state index contributed by atoms with van der Waals surface area (Å²) < 4.78 is 0. The summed E-state index contributed by atoms with van der Waals surface area (Å²) in [5.41, 5.74) is 4.08. The molecule has 1 aliphatic rings. The average Bonchev–Trinajstić information content (AvgIpc) is 2.59. The third-order valence-electron chi connectivity index (χ3n) is 4.48. The summed E-state index contributed by atoms with van der Waals surface area (Å²) in [4.78, 5) is 16.3. The van der Waals surface area contributed by atoms with Crippen molar-refractivity contribution in [1.82, 2.24) is 10.3 Å². The van der Waals surface area contributed by atoms with E-state index in [0.29, 0.717) is 18.4 Å². The number of pyridine rings is 1. The highest BCUT2D eigenvalue weighted by molar-refractivity contribution is 5.95. The van der Waals surface area contributed by atoms with Crippen LogP contribution in [0.5, 0.6) is 0 Å². The molecule has 2 N–H and O–H groups in total. The first-order valence-corrected chi connectivity index (χ1v) is 8.07. The van der Waals surface area contributed by atoms with Crippen molar-refractivity contribution in [3.63, 3.8) is 0 Å². The molecule has 0 unspecified atom stereocenters. The number of carbonyl (C=O) groups excluding carboxylic acids is 1. The second-order valence-electron chi connectivity index (χ2n) is 6.18. The molecule has 0 saturated heterocycles. The molecule has 23 heavy (non-hydrogen) atoms. The number of nitrogens with one attached hydrogen (secondary N) is 1. The van der Waals surface area contributed by atoms with Crippen LogP contribution in [0.1, 0.15) is 40.0 Å². The largest absolute Gasteiger partial charge is 0.391 e. The number of Topliss-reactive ketones (excluding diaryl/α,β-unsaturated/α-hetero) is 1. The van der Waals surface area contributed by atoms with E-state index in [2.05, 4.69) is 22.4 Å². The van der Waals surface area contributed by atoms with Gasteiger partial charge >= 0.3 is 0 Å². The van der Waals surface area contributed by atoms with Crippen molar-refractivity contribution in [2.45, 2.75) is 44.9 Å². The Kier molecular flexibility index (Phi) is 4.84. The molecular formula is C19H22N2O2. The Morgan fingerprint density at radius 3 is 2.83 bits per heavy atom. The number of nitrogens with zero attached hydrogens (tertiary/aromatic N) is 1. The van der Waals surface area contributed by atoms with E-state index in [4.69, 9.17) is 0 Å². The van der Waals surface area contributed by atoms with Crippen molar-refractivity contribution >= 4 is 5.78 Å². The van der Waals surface area contributed by atoms with E-state index in [1.54, 1.807) is 12.3 Å². The number of aliphatic hydroxyl groups excluding tert-OH is 1. The topological polar surface area (TPSA) is 62.2 Å². The van der Waals surface area contributed by atoms with Crippen LogP contribution in [0.25, 0.3) is 0 Å². The number of carbonyl (C=O) groups is 1. The fourth-order valence-electron chi connectivity index (χ4n) is 3.01. The Hall–Kier alpha value is -2.04. The molecule has 4 nitrogen and oxygen atoms in total. The minimum Gasteiger partial charge on any atom is -0.391 e. The van der Waals surface area contributed by atoms with E-state index < -0.39 is 6.10 Å². The lowest BCUT2D eigenvalue weighted by atomic mass is 9.91. The number of benzene rings is 1. The maximum Gasteiger partial charge on any atom is 0.164 e. The summed E-state index contributed by atoms with van der Waals surface area (Å²) in [6.45, 7) is 2.67. The number of rotatable bonds is 5. The molecule has 1 aliphatic heterocycles. The fourth-order valence-corrected chi connectivity index (χ4v) is 3.01. The van der Waals surface area contributed by atoms with Crippen molar-refractivity contribution in [1.29, 1.82) is 0 Å². The Morgan fingerprint density at radius 2 is 2.09 bits per heavy atom. The maximum absolute atomic E-state index is 12.2. The third-order valence-corrected chi connectivity index (χ3v) is 4.48. The minimum absolute atomic E-state index is 0.00819. The fraction of sp³-hybridized carbons (Fsp3) is 0.368. The Labute approximate surface area is 136 Å². The van der Waals surface area contributed by atoms with E-state index in [1.165, 1.54) is 11.1 Å². The quantitative estimate of drug-likeness (QED) is 0.833. The van der Waals surface area contributed by atoms with Crippen LogP contribution in [0.2, 0.25) is 0 Å². The molecule has 2 heterocycles. The summed E-state index contributed by atoms with van der Waals surface area (Å²) in [6.07, 6.45) is 2.69. The predicted molar refractivity (Wildman–Crippen MR) is 89.3 cm³/mol. The van der Waals surface area contributed by atoms with E-state index in [0.717, 1.165) is 18.7 Å². The molecule has 0 saturated carbocycles. The smallest absolute Gasteiger partial charge is 0.164 e. The first kappa shape index (κ1) is 15.8. The van der Waals surface area contributed by atoms with Crippen LogP contribution < -0.4 is 5.32 Å². The molecule has 4 heteroatoms. The maximum atomic E-state index is 12.2. The van der Waals surface area contributed by atoms with Gasteiger partial charge in [-0.2, -0.15) is 0 Å². The van der Waals surface area contributed by atoms with Crippen molar-refractivity contribution in [2.24, 2.45) is 0 Å². The van der Waals surface area contributed by atoms with E-state index >= 15 is 0 Å². The molecule has 2 atom stereocenters. The van der Waals surface area contributed by atoms with Crippen molar-refractivity contribution in [3.05, 3.63) is 65.0 Å². The summed E-state index contributed by atoms with van der Waals surface area (Å²) in [5.74, 6) is 0.0350. The molecule has 0 aliphatic carbocycles. The number of aromatic nitrogens is 1. The summed E-state index contributed by atoms with van der Waals surface area (Å²) >= 11 is 0. The van der Waals surface area contributed by atoms with Crippen LogP contribution in [0, 0.1) is 6.92 Å². The molecule has 1 aromatic heterocycles. The molecule has 0 bridgehead atoms. The first-order valence-electron chi connectivity index (χ1n) is 8.07. The zero-order valence-electron chi connectivity index (χ0n) is 13.3. The van der Waals surface area contributed by atoms with Gasteiger partial charge in [0.15, 0.2) is 5.78 Å². The van der Waals surface area contributed by atoms with Crippen LogP contribution in [0.15, 0.2) is 42.6 Å². The minimum atomic E-state index is -0.522. The van der Waals surface area contributed by atoms with Crippen LogP contribution in [-0.2, 0) is 13.0 Å². The number of aryl methyl sites for hydroxylation is 1. The lowest BCUT2D eigenvalue weighted by molar-refractivity contribution is 0.0877. The van der Waals surface area contributed by atoms with Gasteiger partial charge < -0.3 is 10.4 Å². The number of hydrogen-bond acceptors (Lipinski definition) is 4. The molecule has 0 spiro atoms. The normalized spacial score (nSPS) is 18.3. The number of fused-ring (bicyclic) bond motifs is 1. The van der Waals surface area contributed by atoms with Crippen molar-refractivity contribution in [2.75, 3.05) is 0 Å². The first-order chi connectivity index (χ1) is 11.1. The molecule has 120 valence electrons. The summed E-state index contributed by atoms with van der Waals surface area (Å²) in [6, 6.07) is 11.9. The summed E-state index contributed by atoms with van der Waals surface area (Å²) in [7, 11) is 0. The standard InChI is InChI=1S/C19H22N2O2/c1-13-6-7-16(12-20-13)18(22)8-9-19(23)17-10-14-4-2-3-5-15(14)11-21-17/h2-7,12,17,19,21,23H,8-11H2,1H3/t17-,19+/m0/s1. The number of hydrogen-bond donors (Lipinski definition) is 2. The van der Waals surface area contributed by atoms with Crippen LogP contribution in [-0.4, -0.2) is 28.0 Å². The van der Waals surface area contributed by atoms with E-state index in [9.17, 15) is 9.90 Å². The molecule has 2 aromatic rings. The van der Waals surface area contributed by atoms with Crippen LogP contribution in [0.3, 0.4) is 0 Å². The Morgan fingerprint density at radius 1 is 1.30 bits per heavy atom. The highest BCUT2D eigenvalue weighted by Gasteiger charge is 2.24. The van der Waals surface area contributed by atoms with Crippen molar-refractivity contribution in [3.8, 4) is 0 Å². The SMILES string of the molecule is Cc1ccc(C(=O)CC[C@@H](O)[C@@H]2Cc3ccccc3CN2)cn1. The second-order valence-corrected chi connectivity index (χ2v) is 6.18. The lowest BCUT2D eigenvalue weighted by Gasteiger charge is -2.29. The number of ketones is 1. The van der Waals surface area contributed by atoms with Gasteiger partial charge in [-0.3, -0.25) is 9.78 Å². The molecule has 1 aromatic carbocycles. The Balaban J connectivity index is 1.55. The average molecular weight is 310 g/mol. The van der Waals surface area contributed by atoms with Gasteiger partial charge in [-0.25, -0.2) is 0 Å². The van der Waals surface area contributed by atoms with Crippen molar-refractivity contribution < 1.29 is 9.90 Å². The van der Waals surface area contributed by atoms with Crippen LogP contribution >= 0.6 is 0 Å².